The smallest absolute Gasteiger partial charge is 0.300 e. The van der Waals surface area contributed by atoms with Crippen LogP contribution >= 0.6 is 23.4 Å². The molecule has 0 radical (unpaired) electrons. The van der Waals surface area contributed by atoms with E-state index in [1.54, 1.807) is 60.3 Å². The number of benzene rings is 2. The van der Waals surface area contributed by atoms with E-state index in [1.807, 2.05) is 13.0 Å². The second kappa shape index (κ2) is 8.33. The van der Waals surface area contributed by atoms with Gasteiger partial charge in [-0.3, -0.25) is 18.6 Å². The lowest BCUT2D eigenvalue weighted by atomic mass is 10.1. The standard InChI is InChI=1S/C21H17ClN4O3S/c1-13-16(22)4-3-5-17(13)25-10-11-26-19(20(25)28)23-24-21(26)30-12-18(27)14-6-8-15(29-2)9-7-14/h3-11H,12H2,1-2H3. The summed E-state index contributed by atoms with van der Waals surface area (Å²) in [7, 11) is 1.57. The summed E-state index contributed by atoms with van der Waals surface area (Å²) >= 11 is 7.41. The van der Waals surface area contributed by atoms with Gasteiger partial charge in [0, 0.05) is 23.0 Å². The number of ketones is 1. The van der Waals surface area contributed by atoms with Crippen molar-refractivity contribution < 1.29 is 9.53 Å². The maximum absolute atomic E-state index is 12.9. The van der Waals surface area contributed by atoms with Crippen molar-refractivity contribution in [1.82, 2.24) is 19.2 Å². The van der Waals surface area contributed by atoms with Crippen molar-refractivity contribution in [3.63, 3.8) is 0 Å². The second-order valence-corrected chi connectivity index (χ2v) is 7.82. The van der Waals surface area contributed by atoms with E-state index < -0.39 is 0 Å². The van der Waals surface area contributed by atoms with Crippen LogP contribution in [0.1, 0.15) is 15.9 Å². The van der Waals surface area contributed by atoms with Crippen LogP contribution in [0.4, 0.5) is 0 Å². The number of halogens is 1. The Hall–Kier alpha value is -3.10. The molecule has 7 nitrogen and oxygen atoms in total. The summed E-state index contributed by atoms with van der Waals surface area (Å²) in [5.41, 5.74) is 1.92. The number of hydrogen-bond acceptors (Lipinski definition) is 6. The van der Waals surface area contributed by atoms with Crippen molar-refractivity contribution in [3.8, 4) is 11.4 Å². The average Bonchev–Trinajstić information content (AvgIpc) is 3.18. The predicted molar refractivity (Wildman–Crippen MR) is 116 cm³/mol. The Balaban J connectivity index is 1.59. The van der Waals surface area contributed by atoms with E-state index in [2.05, 4.69) is 10.2 Å². The van der Waals surface area contributed by atoms with Gasteiger partial charge in [0.1, 0.15) is 5.75 Å². The van der Waals surface area contributed by atoms with Crippen molar-refractivity contribution in [2.45, 2.75) is 12.1 Å². The number of carbonyl (C=O) groups excluding carboxylic acids is 1. The van der Waals surface area contributed by atoms with Gasteiger partial charge in [-0.05, 0) is 48.9 Å². The molecule has 152 valence electrons. The van der Waals surface area contributed by atoms with Crippen LogP contribution in [-0.2, 0) is 0 Å². The summed E-state index contributed by atoms with van der Waals surface area (Å²) in [6.45, 7) is 1.85. The molecule has 0 saturated carbocycles. The Morgan fingerprint density at radius 2 is 1.90 bits per heavy atom. The number of rotatable bonds is 6. The first-order valence-corrected chi connectivity index (χ1v) is 10.4. The molecule has 0 fully saturated rings. The SMILES string of the molecule is COc1ccc(C(=O)CSc2nnc3c(=O)n(-c4cccc(Cl)c4C)ccn23)cc1. The molecule has 9 heteroatoms. The Morgan fingerprint density at radius 1 is 1.13 bits per heavy atom. The Labute approximate surface area is 181 Å². The Morgan fingerprint density at radius 3 is 2.63 bits per heavy atom. The van der Waals surface area contributed by atoms with E-state index in [0.717, 1.165) is 5.56 Å². The number of fused-ring (bicyclic) bond motifs is 1. The van der Waals surface area contributed by atoms with Crippen LogP contribution < -0.4 is 10.3 Å². The van der Waals surface area contributed by atoms with Crippen LogP contribution in [0, 0.1) is 6.92 Å². The van der Waals surface area contributed by atoms with Crippen molar-refractivity contribution in [2.24, 2.45) is 0 Å². The molecule has 0 amide bonds. The molecule has 4 aromatic rings. The summed E-state index contributed by atoms with van der Waals surface area (Å²) in [5.74, 6) is 0.806. The quantitative estimate of drug-likeness (QED) is 0.335. The van der Waals surface area contributed by atoms with Crippen LogP contribution in [0.15, 0.2) is 64.8 Å². The maximum atomic E-state index is 12.9. The molecule has 0 aliphatic heterocycles. The third-order valence-electron chi connectivity index (χ3n) is 4.68. The third kappa shape index (κ3) is 3.71. The second-order valence-electron chi connectivity index (χ2n) is 6.47. The van der Waals surface area contributed by atoms with Crippen LogP contribution in [0.25, 0.3) is 11.3 Å². The van der Waals surface area contributed by atoms with Crippen LogP contribution in [0.3, 0.4) is 0 Å². The van der Waals surface area contributed by atoms with E-state index in [-0.39, 0.29) is 22.7 Å². The predicted octanol–water partition coefficient (Wildman–Crippen LogP) is 3.83. The number of thioether (sulfide) groups is 1. The molecule has 0 bridgehead atoms. The highest BCUT2D eigenvalue weighted by molar-refractivity contribution is 7.99. The molecule has 0 aliphatic rings. The number of carbonyl (C=O) groups is 1. The molecule has 0 atom stereocenters. The molecule has 0 unspecified atom stereocenters. The Kier molecular flexibility index (Phi) is 5.61. The number of hydrogen-bond donors (Lipinski definition) is 0. The number of nitrogens with zero attached hydrogens (tertiary/aromatic N) is 4. The highest BCUT2D eigenvalue weighted by Gasteiger charge is 2.15. The molecule has 2 heterocycles. The van der Waals surface area contributed by atoms with Crippen molar-refractivity contribution in [1.29, 1.82) is 0 Å². The fourth-order valence-electron chi connectivity index (χ4n) is 3.00. The molecule has 0 spiro atoms. The first-order valence-electron chi connectivity index (χ1n) is 9.01. The van der Waals surface area contributed by atoms with E-state index in [4.69, 9.17) is 16.3 Å². The number of aromatic nitrogens is 4. The van der Waals surface area contributed by atoms with Crippen molar-refractivity contribution in [3.05, 3.63) is 81.4 Å². The summed E-state index contributed by atoms with van der Waals surface area (Å²) < 4.78 is 8.18. The van der Waals surface area contributed by atoms with E-state index in [9.17, 15) is 9.59 Å². The van der Waals surface area contributed by atoms with E-state index in [1.165, 1.54) is 16.3 Å². The molecule has 0 saturated heterocycles. The van der Waals surface area contributed by atoms with Gasteiger partial charge in [0.05, 0.1) is 18.6 Å². The lowest BCUT2D eigenvalue weighted by Gasteiger charge is -2.10. The van der Waals surface area contributed by atoms with Crippen LogP contribution in [0.5, 0.6) is 5.75 Å². The zero-order valence-corrected chi connectivity index (χ0v) is 17.8. The first-order chi connectivity index (χ1) is 14.5. The van der Waals surface area contributed by atoms with Gasteiger partial charge in [0.2, 0.25) is 5.65 Å². The minimum Gasteiger partial charge on any atom is -0.497 e. The summed E-state index contributed by atoms with van der Waals surface area (Å²) in [5, 5.41) is 9.17. The van der Waals surface area contributed by atoms with Gasteiger partial charge in [-0.15, -0.1) is 10.2 Å². The van der Waals surface area contributed by atoms with Gasteiger partial charge in [-0.2, -0.15) is 0 Å². The normalized spacial score (nSPS) is 11.0. The largest absolute Gasteiger partial charge is 0.497 e. The average molecular weight is 441 g/mol. The fourth-order valence-corrected chi connectivity index (χ4v) is 3.98. The molecule has 30 heavy (non-hydrogen) atoms. The summed E-state index contributed by atoms with van der Waals surface area (Å²) in [4.78, 5) is 25.4. The number of methoxy groups -OCH3 is 1. The molecule has 0 N–H and O–H groups in total. The zero-order valence-electron chi connectivity index (χ0n) is 16.2. The molecular weight excluding hydrogens is 424 g/mol. The minimum absolute atomic E-state index is 0.0534. The van der Waals surface area contributed by atoms with Crippen LogP contribution in [0.2, 0.25) is 5.02 Å². The van der Waals surface area contributed by atoms with Crippen molar-refractivity contribution >= 4 is 34.8 Å². The van der Waals surface area contributed by atoms with Crippen molar-refractivity contribution in [2.75, 3.05) is 12.9 Å². The zero-order chi connectivity index (χ0) is 21.3. The van der Waals surface area contributed by atoms with Gasteiger partial charge in [-0.25, -0.2) is 0 Å². The molecule has 2 aromatic carbocycles. The highest BCUT2D eigenvalue weighted by atomic mass is 35.5. The van der Waals surface area contributed by atoms with Gasteiger partial charge < -0.3 is 4.74 Å². The summed E-state index contributed by atoms with van der Waals surface area (Å²) in [6.07, 6.45) is 3.35. The molecular formula is C21H17ClN4O3S. The fraction of sp³-hybridized carbons (Fsp3) is 0.143. The topological polar surface area (TPSA) is 78.5 Å². The maximum Gasteiger partial charge on any atom is 0.300 e. The minimum atomic E-state index is -0.316. The summed E-state index contributed by atoms with van der Waals surface area (Å²) in [6, 6.07) is 12.3. The lowest BCUT2D eigenvalue weighted by molar-refractivity contribution is 0.102. The van der Waals surface area contributed by atoms with Crippen LogP contribution in [-0.4, -0.2) is 37.8 Å². The first kappa shape index (κ1) is 20.2. The molecule has 0 aliphatic carbocycles. The van der Waals surface area contributed by atoms with E-state index >= 15 is 0 Å². The lowest BCUT2D eigenvalue weighted by Crippen LogP contribution is -2.21. The monoisotopic (exact) mass is 440 g/mol. The third-order valence-corrected chi connectivity index (χ3v) is 6.03. The highest BCUT2D eigenvalue weighted by Crippen LogP contribution is 2.22. The van der Waals surface area contributed by atoms with Gasteiger partial charge in [0.15, 0.2) is 10.9 Å². The number of ether oxygens (including phenoxy) is 1. The number of Topliss-reactive ketones (excluding diaryl/α,β-unsaturated/α-hetero) is 1. The molecule has 2 aromatic heterocycles. The van der Waals surface area contributed by atoms with Gasteiger partial charge >= 0.3 is 5.56 Å². The van der Waals surface area contributed by atoms with E-state index in [0.29, 0.717) is 27.2 Å². The Bertz CT molecular complexity index is 1300. The molecule has 4 rings (SSSR count). The van der Waals surface area contributed by atoms with Gasteiger partial charge in [-0.1, -0.05) is 29.4 Å². The van der Waals surface area contributed by atoms with Gasteiger partial charge in [0.25, 0.3) is 0 Å².